The molecule has 0 bridgehead atoms. The van der Waals surface area contributed by atoms with Crippen LogP contribution in [0.5, 0.6) is 5.75 Å². The van der Waals surface area contributed by atoms with Crippen molar-refractivity contribution in [3.8, 4) is 5.75 Å². The molecule has 4 atom stereocenters. The van der Waals surface area contributed by atoms with Gasteiger partial charge in [-0.15, -0.1) is 0 Å². The van der Waals surface area contributed by atoms with Crippen molar-refractivity contribution in [2.75, 3.05) is 11.5 Å². The number of allylic oxidation sites excluding steroid dienone is 1. The highest BCUT2D eigenvalue weighted by atomic mass is 16.5. The number of carbonyl (C=O) groups is 2. The molecule has 11 heteroatoms. The summed E-state index contributed by atoms with van der Waals surface area (Å²) >= 11 is 0. The fourth-order valence-electron chi connectivity index (χ4n) is 7.02. The first kappa shape index (κ1) is 30.1. The van der Waals surface area contributed by atoms with Crippen molar-refractivity contribution in [2.45, 2.75) is 31.7 Å². The van der Waals surface area contributed by atoms with Crippen LogP contribution in [0.15, 0.2) is 90.0 Å². The Morgan fingerprint density at radius 2 is 1.73 bits per heavy atom. The van der Waals surface area contributed by atoms with Crippen molar-refractivity contribution in [1.82, 2.24) is 0 Å². The Morgan fingerprint density at radius 3 is 2.45 bits per heavy atom. The van der Waals surface area contributed by atoms with E-state index in [-0.39, 0.29) is 36.2 Å². The largest absolute Gasteiger partial charge is 0.507 e. The molecule has 0 spiro atoms. The highest BCUT2D eigenvalue weighted by molar-refractivity contribution is 6.58. The van der Waals surface area contributed by atoms with Gasteiger partial charge in [0.25, 0.3) is 0 Å². The molecular formula is C33H33B2NO8. The van der Waals surface area contributed by atoms with Crippen LogP contribution in [0.3, 0.4) is 0 Å². The normalized spacial score (nSPS) is 23.6. The van der Waals surface area contributed by atoms with Crippen molar-refractivity contribution in [3.05, 3.63) is 101 Å². The van der Waals surface area contributed by atoms with Crippen molar-refractivity contribution < 1.29 is 39.5 Å². The fraction of sp³-hybridized carbons (Fsp3) is 0.273. The summed E-state index contributed by atoms with van der Waals surface area (Å²) in [6, 6.07) is 22.8. The molecule has 5 N–H and O–H groups in total. The summed E-state index contributed by atoms with van der Waals surface area (Å²) in [5, 5.41) is 51.0. The quantitative estimate of drug-likeness (QED) is 0.116. The Hall–Kier alpha value is -3.99. The molecule has 2 aliphatic heterocycles. The minimum Gasteiger partial charge on any atom is -0.507 e. The zero-order chi connectivity index (χ0) is 31.0. The van der Waals surface area contributed by atoms with Crippen LogP contribution in [0.2, 0.25) is 6.32 Å². The maximum absolute atomic E-state index is 13.9. The van der Waals surface area contributed by atoms with Crippen LogP contribution in [0.25, 0.3) is 11.6 Å². The topological polar surface area (TPSA) is 148 Å². The fourth-order valence-corrected chi connectivity index (χ4v) is 7.02. The third kappa shape index (κ3) is 5.65. The Morgan fingerprint density at radius 1 is 0.977 bits per heavy atom. The molecule has 0 aromatic heterocycles. The predicted molar refractivity (Wildman–Crippen MR) is 167 cm³/mol. The monoisotopic (exact) mass is 593 g/mol. The number of aromatic hydroxyl groups is 1. The molecule has 0 saturated carbocycles. The van der Waals surface area contributed by atoms with Gasteiger partial charge >= 0.3 is 14.2 Å². The molecule has 2 saturated heterocycles. The number of aliphatic hydroxyl groups excluding tert-OH is 1. The lowest BCUT2D eigenvalue weighted by Gasteiger charge is -2.43. The van der Waals surface area contributed by atoms with Crippen LogP contribution >= 0.6 is 0 Å². The van der Waals surface area contributed by atoms with E-state index in [1.807, 2.05) is 48.5 Å². The van der Waals surface area contributed by atoms with Gasteiger partial charge in [-0.2, -0.15) is 0 Å². The molecular weight excluding hydrogens is 560 g/mol. The summed E-state index contributed by atoms with van der Waals surface area (Å²) in [5.41, 5.74) is 4.37. The number of phenolic OH excluding ortho intramolecular Hbond substituents is 1. The minimum atomic E-state index is -1.76. The Labute approximate surface area is 256 Å². The molecule has 3 aromatic carbocycles. The Balaban J connectivity index is 1.31. The number of anilines is 1. The van der Waals surface area contributed by atoms with Crippen molar-refractivity contribution in [2.24, 2.45) is 17.8 Å². The molecule has 9 nitrogen and oxygen atoms in total. The van der Waals surface area contributed by atoms with Gasteiger partial charge in [0.1, 0.15) is 5.75 Å². The van der Waals surface area contributed by atoms with E-state index < -0.39 is 49.9 Å². The number of amides is 2. The van der Waals surface area contributed by atoms with Gasteiger partial charge in [-0.1, -0.05) is 60.7 Å². The third-order valence-electron chi connectivity index (χ3n) is 9.01. The van der Waals surface area contributed by atoms with Gasteiger partial charge in [-0.25, -0.2) is 0 Å². The summed E-state index contributed by atoms with van der Waals surface area (Å²) in [6.45, 7) is -0.308. The molecule has 44 heavy (non-hydrogen) atoms. The molecule has 1 aliphatic carbocycles. The Kier molecular flexibility index (Phi) is 8.57. The van der Waals surface area contributed by atoms with Gasteiger partial charge in [0.15, 0.2) is 0 Å². The van der Waals surface area contributed by atoms with Crippen molar-refractivity contribution >= 4 is 48.9 Å². The van der Waals surface area contributed by atoms with Gasteiger partial charge in [0.05, 0.1) is 30.2 Å². The zero-order valence-electron chi connectivity index (χ0n) is 24.0. The van der Waals surface area contributed by atoms with Crippen LogP contribution in [0.4, 0.5) is 5.69 Å². The summed E-state index contributed by atoms with van der Waals surface area (Å²) in [4.78, 5) is 28.7. The van der Waals surface area contributed by atoms with Gasteiger partial charge in [0, 0.05) is 5.56 Å². The van der Waals surface area contributed by atoms with Crippen LogP contribution in [0, 0.1) is 17.8 Å². The molecule has 2 fully saturated rings. The zero-order valence-corrected chi connectivity index (χ0v) is 24.0. The van der Waals surface area contributed by atoms with Crippen LogP contribution in [-0.2, 0) is 14.2 Å². The van der Waals surface area contributed by atoms with Crippen molar-refractivity contribution in [3.63, 3.8) is 0 Å². The molecule has 2 heterocycles. The number of nitrogens with zero attached hydrogens (tertiary/aromatic N) is 1. The molecule has 3 aromatic rings. The number of para-hydroxylation sites is 1. The van der Waals surface area contributed by atoms with E-state index in [0.717, 1.165) is 21.6 Å². The average Bonchev–Trinajstić information content (AvgIpc) is 3.28. The number of hydrogen-bond donors (Lipinski definition) is 5. The predicted octanol–water partition coefficient (Wildman–Crippen LogP) is 2.39. The average molecular weight is 593 g/mol. The highest BCUT2D eigenvalue weighted by Gasteiger charge is 2.57. The number of benzene rings is 3. The standard InChI is InChI=1S/C33H33B2NO8/c37-19-23-16-26-31(33(40)36(32(26)39)25-11-6-10-24(17-25)35(42)43)27-18-34(41)44-29(30(23)27)14-13-21(20-7-2-1-3-8-20)15-22-9-4-5-12-28(22)38/h1-12,15,17,26-27,29,31,37-38,41-43H,13-14,16,18-19H2/b21-15-/t26-,27+,29-,31-/m1/s1. The highest BCUT2D eigenvalue weighted by Crippen LogP contribution is 2.51. The van der Waals surface area contributed by atoms with Gasteiger partial charge < -0.3 is 29.9 Å². The summed E-state index contributed by atoms with van der Waals surface area (Å²) < 4.78 is 6.06. The molecule has 2 amide bonds. The first-order chi connectivity index (χ1) is 21.3. The Bertz CT molecular complexity index is 1620. The van der Waals surface area contributed by atoms with Gasteiger partial charge in [-0.05, 0) is 83.5 Å². The van der Waals surface area contributed by atoms with Gasteiger partial charge in [0.2, 0.25) is 11.8 Å². The maximum atomic E-state index is 13.9. The van der Waals surface area contributed by atoms with Crippen LogP contribution in [-0.4, -0.2) is 64.0 Å². The van der Waals surface area contributed by atoms with Gasteiger partial charge in [-0.3, -0.25) is 14.5 Å². The molecule has 224 valence electrons. The van der Waals surface area contributed by atoms with E-state index >= 15 is 0 Å². The van der Waals surface area contributed by atoms with Crippen molar-refractivity contribution in [1.29, 1.82) is 0 Å². The number of fused-ring (bicyclic) bond motifs is 3. The van der Waals surface area contributed by atoms with E-state index in [0.29, 0.717) is 24.0 Å². The summed E-state index contributed by atoms with van der Waals surface area (Å²) in [6.07, 6.45) is 2.56. The second-order valence-corrected chi connectivity index (χ2v) is 11.6. The lowest BCUT2D eigenvalue weighted by molar-refractivity contribution is -0.122. The van der Waals surface area contributed by atoms with Crippen LogP contribution in [0.1, 0.15) is 30.4 Å². The SMILES string of the molecule is O=C1[C@@H]2[C@@H](CC(CO)=C3[C@@H](CC/C(=C/c4ccccc4O)c4ccccc4)OB(O)C[C@@H]32)C(=O)N1c1cccc(B(O)O)c1. The second-order valence-electron chi connectivity index (χ2n) is 11.6. The minimum absolute atomic E-state index is 0.109. The second kappa shape index (κ2) is 12.6. The summed E-state index contributed by atoms with van der Waals surface area (Å²) in [5.74, 6) is -2.65. The van der Waals surface area contributed by atoms with E-state index in [1.54, 1.807) is 24.3 Å². The maximum Gasteiger partial charge on any atom is 0.488 e. The lowest BCUT2D eigenvalue weighted by atomic mass is 9.58. The number of imide groups is 1. The van der Waals surface area contributed by atoms with E-state index in [9.17, 15) is 34.9 Å². The molecule has 6 rings (SSSR count). The third-order valence-corrected chi connectivity index (χ3v) is 9.01. The molecule has 0 unspecified atom stereocenters. The summed E-state index contributed by atoms with van der Waals surface area (Å²) in [7, 11) is -2.93. The first-order valence-electron chi connectivity index (χ1n) is 14.8. The number of carbonyl (C=O) groups excluding carboxylic acids is 2. The first-order valence-corrected chi connectivity index (χ1v) is 14.8. The van der Waals surface area contributed by atoms with E-state index in [2.05, 4.69) is 0 Å². The lowest BCUT2D eigenvalue weighted by Crippen LogP contribution is -2.46. The number of aliphatic hydroxyl groups is 1. The smallest absolute Gasteiger partial charge is 0.488 e. The van der Waals surface area contributed by atoms with E-state index in [1.165, 1.54) is 12.1 Å². The number of phenols is 1. The van der Waals surface area contributed by atoms with Crippen LogP contribution < -0.4 is 10.4 Å². The number of rotatable bonds is 8. The molecule has 3 aliphatic rings. The number of hydrogen-bond acceptors (Lipinski definition) is 8. The van der Waals surface area contributed by atoms with E-state index in [4.69, 9.17) is 4.65 Å². The molecule has 0 radical (unpaired) electrons.